The number of fused-ring (bicyclic) bond motifs is 3. The second-order valence-corrected chi connectivity index (χ2v) is 11.6. The van der Waals surface area contributed by atoms with E-state index in [0.717, 1.165) is 6.42 Å². The number of hydrogen-bond acceptors (Lipinski definition) is 0. The van der Waals surface area contributed by atoms with Crippen LogP contribution in [-0.4, -0.2) is 0 Å². The fourth-order valence-electron chi connectivity index (χ4n) is 6.09. The molecular formula is C36H56. The van der Waals surface area contributed by atoms with Gasteiger partial charge >= 0.3 is 0 Å². The van der Waals surface area contributed by atoms with Crippen LogP contribution in [0.2, 0.25) is 0 Å². The van der Waals surface area contributed by atoms with Gasteiger partial charge in [-0.3, -0.25) is 0 Å². The van der Waals surface area contributed by atoms with Gasteiger partial charge in [-0.1, -0.05) is 178 Å². The lowest BCUT2D eigenvalue weighted by molar-refractivity contribution is 0.520. The SMILES string of the molecule is CCCCCCCCCCCCCCCCCCCCCCCc1ccc2c(c1)-c1ccccc1C2. The Kier molecular flexibility index (Phi) is 15.0. The van der Waals surface area contributed by atoms with Gasteiger partial charge in [0.05, 0.1) is 0 Å². The van der Waals surface area contributed by atoms with Crippen molar-refractivity contribution in [3.8, 4) is 11.1 Å². The third-order valence-electron chi connectivity index (χ3n) is 8.43. The zero-order valence-corrected chi connectivity index (χ0v) is 23.8. The van der Waals surface area contributed by atoms with Crippen LogP contribution in [0.15, 0.2) is 42.5 Å². The van der Waals surface area contributed by atoms with Crippen LogP contribution < -0.4 is 0 Å². The molecule has 0 radical (unpaired) electrons. The summed E-state index contributed by atoms with van der Waals surface area (Å²) < 4.78 is 0. The molecule has 0 nitrogen and oxygen atoms in total. The van der Waals surface area contributed by atoms with Crippen molar-refractivity contribution in [2.45, 2.75) is 155 Å². The van der Waals surface area contributed by atoms with E-state index >= 15 is 0 Å². The highest BCUT2D eigenvalue weighted by molar-refractivity contribution is 5.77. The van der Waals surface area contributed by atoms with Gasteiger partial charge in [-0.15, -0.1) is 0 Å². The molecule has 0 fully saturated rings. The van der Waals surface area contributed by atoms with Gasteiger partial charge in [-0.2, -0.15) is 0 Å². The van der Waals surface area contributed by atoms with Gasteiger partial charge in [0, 0.05) is 0 Å². The van der Waals surface area contributed by atoms with Gasteiger partial charge in [-0.05, 0) is 47.1 Å². The quantitative estimate of drug-likeness (QED) is 0.123. The molecule has 1 aliphatic carbocycles. The van der Waals surface area contributed by atoms with Crippen LogP contribution in [-0.2, 0) is 12.8 Å². The lowest BCUT2D eigenvalue weighted by Crippen LogP contribution is -1.89. The van der Waals surface area contributed by atoms with E-state index in [9.17, 15) is 0 Å². The molecule has 0 unspecified atom stereocenters. The van der Waals surface area contributed by atoms with Crippen LogP contribution in [0.4, 0.5) is 0 Å². The zero-order valence-electron chi connectivity index (χ0n) is 23.8. The highest BCUT2D eigenvalue weighted by Gasteiger charge is 2.17. The molecule has 2 aromatic rings. The summed E-state index contributed by atoms with van der Waals surface area (Å²) in [7, 11) is 0. The molecule has 200 valence electrons. The van der Waals surface area contributed by atoms with Gasteiger partial charge in [0.1, 0.15) is 0 Å². The molecule has 0 heteroatoms. The molecule has 0 saturated heterocycles. The summed E-state index contributed by atoms with van der Waals surface area (Å²) in [6.07, 6.45) is 32.9. The third kappa shape index (κ3) is 11.2. The molecule has 0 spiro atoms. The first kappa shape index (κ1) is 29.0. The van der Waals surface area contributed by atoms with Gasteiger partial charge in [0.2, 0.25) is 0 Å². The van der Waals surface area contributed by atoms with Crippen LogP contribution in [0.1, 0.15) is 158 Å². The standard InChI is InChI=1S/C36H56/c1-2-3-4-5-6-7-8-9-10-11-12-13-14-15-16-17-18-19-20-21-22-25-32-28-29-34-31-33-26-23-24-27-35(33)36(34)30-32/h23-24,26-30H,2-22,25,31H2,1H3. The Balaban J connectivity index is 1.06. The first-order chi connectivity index (χ1) is 17.9. The summed E-state index contributed by atoms with van der Waals surface area (Å²) in [6, 6.07) is 16.2. The first-order valence-electron chi connectivity index (χ1n) is 16.1. The van der Waals surface area contributed by atoms with Crippen molar-refractivity contribution in [1.82, 2.24) is 0 Å². The number of unbranched alkanes of at least 4 members (excludes halogenated alkanes) is 20. The van der Waals surface area contributed by atoms with Gasteiger partial charge < -0.3 is 0 Å². The topological polar surface area (TPSA) is 0 Å². The maximum absolute atomic E-state index is 2.47. The highest BCUT2D eigenvalue weighted by Crippen LogP contribution is 2.37. The Labute approximate surface area is 224 Å². The van der Waals surface area contributed by atoms with Crippen LogP contribution in [0.5, 0.6) is 0 Å². The van der Waals surface area contributed by atoms with Gasteiger partial charge in [0.15, 0.2) is 0 Å². The monoisotopic (exact) mass is 488 g/mol. The number of rotatable bonds is 22. The molecule has 0 aromatic heterocycles. The minimum Gasteiger partial charge on any atom is -0.0654 e. The van der Waals surface area contributed by atoms with E-state index in [1.54, 1.807) is 0 Å². The predicted molar refractivity (Wildman–Crippen MR) is 161 cm³/mol. The fourth-order valence-corrected chi connectivity index (χ4v) is 6.09. The van der Waals surface area contributed by atoms with Crippen LogP contribution in [0.25, 0.3) is 11.1 Å². The van der Waals surface area contributed by atoms with E-state index in [4.69, 9.17) is 0 Å². The average Bonchev–Trinajstić information content (AvgIpc) is 3.27. The summed E-state index contributed by atoms with van der Waals surface area (Å²) in [5.41, 5.74) is 7.50. The normalized spacial score (nSPS) is 12.1. The second kappa shape index (κ2) is 18.6. The Morgan fingerprint density at radius 1 is 0.444 bits per heavy atom. The second-order valence-electron chi connectivity index (χ2n) is 11.6. The van der Waals surface area contributed by atoms with Crippen LogP contribution in [0, 0.1) is 0 Å². The molecule has 0 N–H and O–H groups in total. The van der Waals surface area contributed by atoms with Gasteiger partial charge in [0.25, 0.3) is 0 Å². The lowest BCUT2D eigenvalue weighted by Gasteiger charge is -2.06. The van der Waals surface area contributed by atoms with Crippen molar-refractivity contribution in [3.63, 3.8) is 0 Å². The molecule has 0 atom stereocenters. The molecule has 36 heavy (non-hydrogen) atoms. The van der Waals surface area contributed by atoms with E-state index in [0.29, 0.717) is 0 Å². The summed E-state index contributed by atoms with van der Waals surface area (Å²) >= 11 is 0. The zero-order chi connectivity index (χ0) is 25.1. The van der Waals surface area contributed by atoms with Gasteiger partial charge in [-0.25, -0.2) is 0 Å². The summed E-state index contributed by atoms with van der Waals surface area (Å²) in [5.74, 6) is 0. The van der Waals surface area contributed by atoms with Crippen molar-refractivity contribution < 1.29 is 0 Å². The van der Waals surface area contributed by atoms with Crippen molar-refractivity contribution in [1.29, 1.82) is 0 Å². The summed E-state index contributed by atoms with van der Waals surface area (Å²) in [6.45, 7) is 2.30. The molecule has 0 aliphatic heterocycles. The van der Waals surface area contributed by atoms with Crippen LogP contribution >= 0.6 is 0 Å². The Bertz CT molecular complexity index is 817. The molecule has 2 aromatic carbocycles. The lowest BCUT2D eigenvalue weighted by atomic mass is 9.99. The Hall–Kier alpha value is -1.56. The Morgan fingerprint density at radius 2 is 0.889 bits per heavy atom. The van der Waals surface area contributed by atoms with E-state index in [1.807, 2.05) is 0 Å². The molecule has 0 bridgehead atoms. The molecule has 0 saturated carbocycles. The minimum absolute atomic E-state index is 1.12. The predicted octanol–water partition coefficient (Wildman–Crippen LogP) is 12.0. The molecule has 1 aliphatic rings. The van der Waals surface area contributed by atoms with E-state index < -0.39 is 0 Å². The number of hydrogen-bond donors (Lipinski definition) is 0. The maximum atomic E-state index is 2.47. The summed E-state index contributed by atoms with van der Waals surface area (Å²) in [4.78, 5) is 0. The molecule has 3 rings (SSSR count). The Morgan fingerprint density at radius 3 is 1.42 bits per heavy atom. The van der Waals surface area contributed by atoms with Crippen molar-refractivity contribution in [2.24, 2.45) is 0 Å². The van der Waals surface area contributed by atoms with Crippen molar-refractivity contribution in [2.75, 3.05) is 0 Å². The highest BCUT2D eigenvalue weighted by atomic mass is 14.2. The van der Waals surface area contributed by atoms with Crippen LogP contribution in [0.3, 0.4) is 0 Å². The minimum atomic E-state index is 1.12. The number of aryl methyl sites for hydroxylation is 1. The average molecular weight is 489 g/mol. The molecule has 0 heterocycles. The van der Waals surface area contributed by atoms with Crippen molar-refractivity contribution in [3.05, 3.63) is 59.2 Å². The first-order valence-corrected chi connectivity index (χ1v) is 16.1. The third-order valence-corrected chi connectivity index (χ3v) is 8.43. The van der Waals surface area contributed by atoms with E-state index in [1.165, 1.54) is 169 Å². The molecular weight excluding hydrogens is 432 g/mol. The van der Waals surface area contributed by atoms with E-state index in [2.05, 4.69) is 49.4 Å². The maximum Gasteiger partial charge on any atom is -0.00135 e. The largest absolute Gasteiger partial charge is 0.0654 e. The van der Waals surface area contributed by atoms with E-state index in [-0.39, 0.29) is 0 Å². The summed E-state index contributed by atoms with van der Waals surface area (Å²) in [5, 5.41) is 0. The molecule has 0 amide bonds. The smallest absolute Gasteiger partial charge is 0.00135 e. The fraction of sp³-hybridized carbons (Fsp3) is 0.667. The number of benzene rings is 2. The van der Waals surface area contributed by atoms with Crippen molar-refractivity contribution >= 4 is 0 Å².